The largest absolute Gasteiger partial charge is 0.481 e. The summed E-state index contributed by atoms with van der Waals surface area (Å²) in [7, 11) is 0. The van der Waals surface area contributed by atoms with Crippen molar-refractivity contribution in [3.05, 3.63) is 11.9 Å². The van der Waals surface area contributed by atoms with Gasteiger partial charge in [0, 0.05) is 18.4 Å². The lowest BCUT2D eigenvalue weighted by Gasteiger charge is -2.24. The van der Waals surface area contributed by atoms with E-state index in [0.29, 0.717) is 0 Å². The Bertz CT molecular complexity index is 399. The molecule has 0 saturated heterocycles. The smallest absolute Gasteiger partial charge is 0.313 e. The number of carbonyl (C=O) groups is 1. The van der Waals surface area contributed by atoms with E-state index in [-0.39, 0.29) is 11.2 Å². The molecule has 0 radical (unpaired) electrons. The molecule has 1 rings (SSSR count). The summed E-state index contributed by atoms with van der Waals surface area (Å²) >= 11 is 1.28. The van der Waals surface area contributed by atoms with E-state index in [0.717, 1.165) is 23.8 Å². The summed E-state index contributed by atoms with van der Waals surface area (Å²) in [6.07, 6.45) is 2.88. The third-order valence-electron chi connectivity index (χ3n) is 2.89. The van der Waals surface area contributed by atoms with E-state index in [9.17, 15) is 4.79 Å². The minimum Gasteiger partial charge on any atom is -0.481 e. The molecule has 0 spiro atoms. The molecule has 96 valence electrons. The van der Waals surface area contributed by atoms with Crippen molar-refractivity contribution in [3.63, 3.8) is 0 Å². The number of carboxylic acid groups (broad SMARTS) is 1. The third-order valence-corrected chi connectivity index (χ3v) is 3.86. The van der Waals surface area contributed by atoms with E-state index in [2.05, 4.69) is 30.3 Å². The topological polar surface area (TPSA) is 55.1 Å². The van der Waals surface area contributed by atoms with Crippen LogP contribution >= 0.6 is 11.8 Å². The molecular weight excluding hydrogens is 236 g/mol. The van der Waals surface area contributed by atoms with Gasteiger partial charge in [-0.05, 0) is 18.8 Å². The predicted octanol–water partition coefficient (Wildman–Crippen LogP) is 2.80. The number of aryl methyl sites for hydroxylation is 1. The van der Waals surface area contributed by atoms with Gasteiger partial charge in [-0.1, -0.05) is 32.5 Å². The van der Waals surface area contributed by atoms with Crippen molar-refractivity contribution < 1.29 is 9.90 Å². The van der Waals surface area contributed by atoms with Crippen molar-refractivity contribution in [2.24, 2.45) is 5.41 Å². The lowest BCUT2D eigenvalue weighted by molar-refractivity contribution is -0.133. The van der Waals surface area contributed by atoms with Crippen molar-refractivity contribution in [1.82, 2.24) is 9.55 Å². The van der Waals surface area contributed by atoms with Gasteiger partial charge in [-0.25, -0.2) is 4.98 Å². The molecule has 17 heavy (non-hydrogen) atoms. The van der Waals surface area contributed by atoms with Crippen LogP contribution < -0.4 is 0 Å². The van der Waals surface area contributed by atoms with Crippen LogP contribution in [0.5, 0.6) is 0 Å². The van der Waals surface area contributed by atoms with Gasteiger partial charge >= 0.3 is 5.97 Å². The zero-order valence-corrected chi connectivity index (χ0v) is 11.7. The van der Waals surface area contributed by atoms with E-state index in [4.69, 9.17) is 5.11 Å². The first-order valence-corrected chi connectivity index (χ1v) is 6.71. The zero-order valence-electron chi connectivity index (χ0n) is 10.9. The Kier molecular flexibility index (Phi) is 4.62. The highest BCUT2D eigenvalue weighted by molar-refractivity contribution is 7.99. The molecule has 0 aromatic carbocycles. The summed E-state index contributed by atoms with van der Waals surface area (Å²) < 4.78 is 2.11. The highest BCUT2D eigenvalue weighted by atomic mass is 32.2. The van der Waals surface area contributed by atoms with Crippen molar-refractivity contribution in [3.8, 4) is 0 Å². The average molecular weight is 256 g/mol. The number of imidazole rings is 1. The van der Waals surface area contributed by atoms with Crippen molar-refractivity contribution in [2.45, 2.75) is 45.8 Å². The lowest BCUT2D eigenvalue weighted by Crippen LogP contribution is -2.20. The maximum atomic E-state index is 10.6. The van der Waals surface area contributed by atoms with Crippen LogP contribution in [0.25, 0.3) is 0 Å². The Morgan fingerprint density at radius 2 is 2.24 bits per heavy atom. The van der Waals surface area contributed by atoms with E-state index < -0.39 is 5.97 Å². The molecule has 1 N–H and O–H groups in total. The molecule has 0 aliphatic heterocycles. The molecule has 0 aliphatic rings. The third kappa shape index (κ3) is 4.07. The quantitative estimate of drug-likeness (QED) is 0.795. The minimum absolute atomic E-state index is 0.0585. The Hall–Kier alpha value is -0.970. The monoisotopic (exact) mass is 256 g/mol. The molecule has 0 atom stereocenters. The van der Waals surface area contributed by atoms with Crippen LogP contribution in [0.1, 0.15) is 32.9 Å². The molecule has 0 bridgehead atoms. The number of nitrogens with zero attached hydrogens (tertiary/aromatic N) is 2. The maximum absolute atomic E-state index is 10.6. The highest BCUT2D eigenvalue weighted by Crippen LogP contribution is 2.27. The maximum Gasteiger partial charge on any atom is 0.313 e. The lowest BCUT2D eigenvalue weighted by atomic mass is 9.90. The standard InChI is InChI=1S/C12H20N2O2S/c1-5-12(3,4)8-14-9(2)6-13-11(14)17-7-10(15)16/h6H,5,7-8H2,1-4H3,(H,15,16). The van der Waals surface area contributed by atoms with E-state index >= 15 is 0 Å². The number of carboxylic acids is 1. The van der Waals surface area contributed by atoms with Gasteiger partial charge in [0.15, 0.2) is 5.16 Å². The highest BCUT2D eigenvalue weighted by Gasteiger charge is 2.19. The van der Waals surface area contributed by atoms with Gasteiger partial charge < -0.3 is 9.67 Å². The van der Waals surface area contributed by atoms with Crippen LogP contribution in [-0.2, 0) is 11.3 Å². The number of thioether (sulfide) groups is 1. The summed E-state index contributed by atoms with van der Waals surface area (Å²) in [6, 6.07) is 0. The fourth-order valence-electron chi connectivity index (χ4n) is 1.41. The molecule has 1 aromatic rings. The van der Waals surface area contributed by atoms with Gasteiger partial charge in [0.2, 0.25) is 0 Å². The van der Waals surface area contributed by atoms with Crippen molar-refractivity contribution in [1.29, 1.82) is 0 Å². The summed E-state index contributed by atoms with van der Waals surface area (Å²) in [5.74, 6) is -0.750. The van der Waals surface area contributed by atoms with Gasteiger partial charge in [-0.15, -0.1) is 0 Å². The van der Waals surface area contributed by atoms with Crippen LogP contribution in [0.2, 0.25) is 0 Å². The predicted molar refractivity (Wildman–Crippen MR) is 69.4 cm³/mol. The Morgan fingerprint density at radius 3 is 2.76 bits per heavy atom. The van der Waals surface area contributed by atoms with Crippen LogP contribution in [0.4, 0.5) is 0 Å². The van der Waals surface area contributed by atoms with Crippen molar-refractivity contribution in [2.75, 3.05) is 5.75 Å². The number of hydrogen-bond donors (Lipinski definition) is 1. The molecule has 1 aromatic heterocycles. The molecule has 0 unspecified atom stereocenters. The zero-order chi connectivity index (χ0) is 13.1. The Morgan fingerprint density at radius 1 is 1.59 bits per heavy atom. The summed E-state index contributed by atoms with van der Waals surface area (Å²) in [5.41, 5.74) is 1.28. The van der Waals surface area contributed by atoms with E-state index in [1.807, 2.05) is 6.92 Å². The number of rotatable bonds is 6. The molecule has 1 heterocycles. The fourth-order valence-corrected chi connectivity index (χ4v) is 2.16. The van der Waals surface area contributed by atoms with Crippen LogP contribution in [-0.4, -0.2) is 26.4 Å². The van der Waals surface area contributed by atoms with Crippen molar-refractivity contribution >= 4 is 17.7 Å². The molecule has 0 saturated carbocycles. The number of aliphatic carboxylic acids is 1. The molecule has 4 nitrogen and oxygen atoms in total. The van der Waals surface area contributed by atoms with Crippen LogP contribution in [0, 0.1) is 12.3 Å². The van der Waals surface area contributed by atoms with Crippen LogP contribution in [0.15, 0.2) is 11.4 Å². The van der Waals surface area contributed by atoms with Gasteiger partial charge in [-0.2, -0.15) is 0 Å². The molecular formula is C12H20N2O2S. The SMILES string of the molecule is CCC(C)(C)Cn1c(C)cnc1SCC(=O)O. The summed E-state index contributed by atoms with van der Waals surface area (Å²) in [5, 5.41) is 9.49. The molecule has 0 fully saturated rings. The van der Waals surface area contributed by atoms with Gasteiger partial charge in [-0.3, -0.25) is 4.79 Å². The molecule has 0 aliphatic carbocycles. The van der Waals surface area contributed by atoms with Gasteiger partial charge in [0.1, 0.15) is 0 Å². The number of aromatic nitrogens is 2. The fraction of sp³-hybridized carbons (Fsp3) is 0.667. The van der Waals surface area contributed by atoms with E-state index in [1.165, 1.54) is 11.8 Å². The van der Waals surface area contributed by atoms with Gasteiger partial charge in [0.05, 0.1) is 5.75 Å². The van der Waals surface area contributed by atoms with Crippen LogP contribution in [0.3, 0.4) is 0 Å². The Labute approximate surface area is 106 Å². The molecule has 5 heteroatoms. The second-order valence-electron chi connectivity index (χ2n) is 4.97. The first-order valence-electron chi connectivity index (χ1n) is 5.72. The Balaban J connectivity index is 2.83. The normalized spacial score (nSPS) is 11.8. The van der Waals surface area contributed by atoms with Gasteiger partial charge in [0.25, 0.3) is 0 Å². The summed E-state index contributed by atoms with van der Waals surface area (Å²) in [4.78, 5) is 14.8. The summed E-state index contributed by atoms with van der Waals surface area (Å²) in [6.45, 7) is 9.45. The minimum atomic E-state index is -0.808. The average Bonchev–Trinajstić information content (AvgIpc) is 2.57. The first kappa shape index (κ1) is 14.1. The number of hydrogen-bond acceptors (Lipinski definition) is 3. The first-order chi connectivity index (χ1) is 7.85. The van der Waals surface area contributed by atoms with E-state index in [1.54, 1.807) is 6.20 Å². The molecule has 0 amide bonds. The second-order valence-corrected chi connectivity index (χ2v) is 5.91. The second kappa shape index (κ2) is 5.58.